The van der Waals surface area contributed by atoms with Gasteiger partial charge >= 0.3 is 0 Å². The van der Waals surface area contributed by atoms with E-state index in [1.54, 1.807) is 13.0 Å². The van der Waals surface area contributed by atoms with E-state index in [4.69, 9.17) is 4.74 Å². The van der Waals surface area contributed by atoms with E-state index >= 15 is 0 Å². The van der Waals surface area contributed by atoms with Gasteiger partial charge in [-0.15, -0.1) is 0 Å². The summed E-state index contributed by atoms with van der Waals surface area (Å²) in [6, 6.07) is 3.21. The van der Waals surface area contributed by atoms with Crippen molar-refractivity contribution in [3.8, 4) is 5.75 Å². The monoisotopic (exact) mass is 330 g/mol. The zero-order valence-corrected chi connectivity index (χ0v) is 12.2. The summed E-state index contributed by atoms with van der Waals surface area (Å²) in [7, 11) is -2.13. The second kappa shape index (κ2) is 4.74. The Morgan fingerprint density at radius 3 is 2.67 bits per heavy atom. The maximum atomic E-state index is 12.3. The fraction of sp³-hybridized carbons (Fsp3) is 0.182. The molecule has 0 aliphatic heterocycles. The second-order valence-electron chi connectivity index (χ2n) is 3.65. The van der Waals surface area contributed by atoms with Crippen molar-refractivity contribution in [1.82, 2.24) is 8.96 Å². The van der Waals surface area contributed by atoms with E-state index in [-0.39, 0.29) is 4.90 Å². The first kappa shape index (κ1) is 13.1. The van der Waals surface area contributed by atoms with Gasteiger partial charge in [-0.25, -0.2) is 17.4 Å². The Hall–Kier alpha value is -1.34. The molecule has 1 aromatic heterocycles. The van der Waals surface area contributed by atoms with E-state index in [1.165, 1.54) is 31.9 Å². The number of aromatic nitrogens is 2. The molecule has 1 heterocycles. The molecule has 96 valence electrons. The minimum Gasteiger partial charge on any atom is -0.496 e. The molecule has 7 heteroatoms. The number of hydrogen-bond donors (Lipinski definition) is 0. The molecule has 0 N–H and O–H groups in total. The van der Waals surface area contributed by atoms with Crippen LogP contribution in [0.5, 0.6) is 5.75 Å². The molecule has 0 fully saturated rings. The third-order valence-corrected chi connectivity index (χ3v) is 4.87. The zero-order valence-electron chi connectivity index (χ0n) is 9.79. The summed E-state index contributed by atoms with van der Waals surface area (Å²) in [5, 5.41) is 0. The predicted molar refractivity (Wildman–Crippen MR) is 70.2 cm³/mol. The summed E-state index contributed by atoms with van der Waals surface area (Å²) in [5.74, 6) is 0.472. The van der Waals surface area contributed by atoms with Crippen LogP contribution in [0.3, 0.4) is 0 Å². The lowest BCUT2D eigenvalue weighted by Gasteiger charge is -2.11. The van der Waals surface area contributed by atoms with Gasteiger partial charge in [0.25, 0.3) is 10.0 Å². The zero-order chi connectivity index (χ0) is 13.3. The number of rotatable bonds is 3. The molecule has 2 rings (SSSR count). The molecule has 0 aliphatic rings. The highest BCUT2D eigenvalue weighted by atomic mass is 79.9. The van der Waals surface area contributed by atoms with Crippen molar-refractivity contribution < 1.29 is 13.2 Å². The predicted octanol–water partition coefficient (Wildman–Crippen LogP) is 2.20. The van der Waals surface area contributed by atoms with Crippen molar-refractivity contribution in [2.24, 2.45) is 0 Å². The van der Waals surface area contributed by atoms with Gasteiger partial charge in [0, 0.05) is 18.5 Å². The molecule has 1 aromatic carbocycles. The van der Waals surface area contributed by atoms with Crippen molar-refractivity contribution >= 4 is 26.0 Å². The lowest BCUT2D eigenvalue weighted by molar-refractivity contribution is 0.410. The van der Waals surface area contributed by atoms with Crippen LogP contribution in [0, 0.1) is 6.92 Å². The molecule has 2 aromatic rings. The van der Waals surface area contributed by atoms with Crippen LogP contribution >= 0.6 is 15.9 Å². The van der Waals surface area contributed by atoms with E-state index in [0.717, 1.165) is 3.97 Å². The fourth-order valence-electron chi connectivity index (χ4n) is 1.57. The van der Waals surface area contributed by atoms with Gasteiger partial charge in [-0.3, -0.25) is 0 Å². The quantitative estimate of drug-likeness (QED) is 0.865. The van der Waals surface area contributed by atoms with Crippen LogP contribution in [-0.2, 0) is 10.0 Å². The Balaban J connectivity index is 2.65. The summed E-state index contributed by atoms with van der Waals surface area (Å²) < 4.78 is 31.6. The Labute approximate surface area is 114 Å². The Morgan fingerprint density at radius 2 is 2.11 bits per heavy atom. The first-order chi connectivity index (χ1) is 8.46. The number of ether oxygens (including phenoxy) is 1. The van der Waals surface area contributed by atoms with Crippen LogP contribution in [0.4, 0.5) is 0 Å². The summed E-state index contributed by atoms with van der Waals surface area (Å²) in [5.41, 5.74) is 0.636. The normalized spacial score (nSPS) is 11.5. The highest BCUT2D eigenvalue weighted by Gasteiger charge is 2.20. The molecule has 0 saturated heterocycles. The van der Waals surface area contributed by atoms with E-state index in [2.05, 4.69) is 20.9 Å². The van der Waals surface area contributed by atoms with Crippen LogP contribution in [0.2, 0.25) is 0 Å². The van der Waals surface area contributed by atoms with Crippen molar-refractivity contribution in [2.45, 2.75) is 11.8 Å². The highest BCUT2D eigenvalue weighted by molar-refractivity contribution is 9.10. The lowest BCUT2D eigenvalue weighted by Crippen LogP contribution is -2.12. The SMILES string of the molecule is COc1cc(S(=O)(=O)n2ccnc2)c(C)cc1Br. The maximum absolute atomic E-state index is 12.3. The van der Waals surface area contributed by atoms with Crippen LogP contribution in [0.1, 0.15) is 5.56 Å². The second-order valence-corrected chi connectivity index (χ2v) is 6.32. The van der Waals surface area contributed by atoms with Crippen LogP contribution < -0.4 is 4.74 Å². The van der Waals surface area contributed by atoms with Crippen LogP contribution in [0.25, 0.3) is 0 Å². The average molecular weight is 331 g/mol. The Kier molecular flexibility index (Phi) is 3.45. The molecule has 0 atom stereocenters. The van der Waals surface area contributed by atoms with Crippen molar-refractivity contribution in [2.75, 3.05) is 7.11 Å². The Bertz CT molecular complexity index is 666. The first-order valence-corrected chi connectivity index (χ1v) is 7.28. The standard InChI is InChI=1S/C11H11BrN2O3S/c1-8-5-9(12)10(17-2)6-11(8)18(15,16)14-4-3-13-7-14/h3-7H,1-2H3. The third-order valence-electron chi connectivity index (χ3n) is 2.48. The van der Waals surface area contributed by atoms with E-state index < -0.39 is 10.0 Å². The molecular formula is C11H11BrN2O3S. The van der Waals surface area contributed by atoms with Crippen molar-refractivity contribution in [3.05, 3.63) is 40.9 Å². The largest absolute Gasteiger partial charge is 0.496 e. The number of imidazole rings is 1. The number of benzene rings is 1. The topological polar surface area (TPSA) is 61.2 Å². The van der Waals surface area contributed by atoms with E-state index in [0.29, 0.717) is 15.8 Å². The molecule has 18 heavy (non-hydrogen) atoms. The number of methoxy groups -OCH3 is 1. The van der Waals surface area contributed by atoms with Gasteiger partial charge < -0.3 is 4.74 Å². The van der Waals surface area contributed by atoms with Gasteiger partial charge in [0.2, 0.25) is 0 Å². The minimum atomic E-state index is -3.62. The number of nitrogens with zero attached hydrogens (tertiary/aromatic N) is 2. The van der Waals surface area contributed by atoms with Gasteiger partial charge in [-0.2, -0.15) is 0 Å². The van der Waals surface area contributed by atoms with Gasteiger partial charge in [-0.1, -0.05) is 0 Å². The first-order valence-electron chi connectivity index (χ1n) is 5.04. The molecule has 0 unspecified atom stereocenters. The molecule has 5 nitrogen and oxygen atoms in total. The number of hydrogen-bond acceptors (Lipinski definition) is 4. The summed E-state index contributed by atoms with van der Waals surface area (Å²) in [6.45, 7) is 1.73. The van der Waals surface area contributed by atoms with Crippen molar-refractivity contribution in [3.63, 3.8) is 0 Å². The van der Waals surface area contributed by atoms with Gasteiger partial charge in [0.1, 0.15) is 12.1 Å². The van der Waals surface area contributed by atoms with Gasteiger partial charge in [0.15, 0.2) is 0 Å². The average Bonchev–Trinajstić information content (AvgIpc) is 2.82. The number of aryl methyl sites for hydroxylation is 1. The molecule has 0 aliphatic carbocycles. The summed E-state index contributed by atoms with van der Waals surface area (Å²) in [4.78, 5) is 3.94. The molecule has 0 spiro atoms. The Morgan fingerprint density at radius 1 is 1.39 bits per heavy atom. The lowest BCUT2D eigenvalue weighted by atomic mass is 10.2. The summed E-state index contributed by atoms with van der Waals surface area (Å²) in [6.07, 6.45) is 4.07. The van der Waals surface area contributed by atoms with E-state index in [9.17, 15) is 8.42 Å². The molecule has 0 radical (unpaired) electrons. The van der Waals surface area contributed by atoms with Gasteiger partial charge in [-0.05, 0) is 34.5 Å². The molecular weight excluding hydrogens is 320 g/mol. The van der Waals surface area contributed by atoms with Crippen LogP contribution in [0.15, 0.2) is 40.2 Å². The molecule has 0 amide bonds. The van der Waals surface area contributed by atoms with Gasteiger partial charge in [0.05, 0.1) is 16.5 Å². The number of halogens is 1. The highest BCUT2D eigenvalue weighted by Crippen LogP contribution is 2.31. The molecule has 0 saturated carbocycles. The van der Waals surface area contributed by atoms with Crippen molar-refractivity contribution in [1.29, 1.82) is 0 Å². The van der Waals surface area contributed by atoms with Crippen LogP contribution in [-0.4, -0.2) is 24.5 Å². The van der Waals surface area contributed by atoms with E-state index in [1.807, 2.05) is 0 Å². The summed E-state index contributed by atoms with van der Waals surface area (Å²) >= 11 is 3.32. The smallest absolute Gasteiger partial charge is 0.269 e. The maximum Gasteiger partial charge on any atom is 0.269 e. The third kappa shape index (κ3) is 2.15. The minimum absolute atomic E-state index is 0.195. The molecule has 0 bridgehead atoms. The fourth-order valence-corrected chi connectivity index (χ4v) is 3.53.